The summed E-state index contributed by atoms with van der Waals surface area (Å²) >= 11 is 0. The Hall–Kier alpha value is -3.44. The van der Waals surface area contributed by atoms with Crippen molar-refractivity contribution in [3.8, 4) is 22.3 Å². The highest BCUT2D eigenvalue weighted by Gasteiger charge is 2.21. The molecule has 5 rings (SSSR count). The minimum Gasteiger partial charge on any atom is -0.346 e. The van der Waals surface area contributed by atoms with Gasteiger partial charge in [0.05, 0.1) is 0 Å². The van der Waals surface area contributed by atoms with E-state index in [1.54, 1.807) is 19.0 Å². The number of aryl methyl sites for hydroxylation is 2. The normalized spacial score (nSPS) is 16.5. The number of likely N-dealkylation sites (N-methyl/N-ethyl adjacent to an activating group) is 1. The number of carbonyl (C=O) groups is 1. The van der Waals surface area contributed by atoms with E-state index in [1.165, 1.54) is 36.1 Å². The number of pyridine rings is 1. The van der Waals surface area contributed by atoms with Crippen LogP contribution in [0.3, 0.4) is 0 Å². The Morgan fingerprint density at radius 3 is 2.51 bits per heavy atom. The third-order valence-electron chi connectivity index (χ3n) is 7.37. The van der Waals surface area contributed by atoms with Crippen molar-refractivity contribution in [2.24, 2.45) is 0 Å². The number of rotatable bonds is 4. The highest BCUT2D eigenvalue weighted by molar-refractivity contribution is 5.99. The summed E-state index contributed by atoms with van der Waals surface area (Å²) in [4.78, 5) is 24.6. The summed E-state index contributed by atoms with van der Waals surface area (Å²) in [5.41, 5.74) is 9.89. The second-order valence-corrected chi connectivity index (χ2v) is 10.2. The molecule has 1 aliphatic rings. The summed E-state index contributed by atoms with van der Waals surface area (Å²) in [6, 6.07) is 15.1. The maximum atomic E-state index is 12.5. The molecule has 35 heavy (non-hydrogen) atoms. The van der Waals surface area contributed by atoms with Crippen molar-refractivity contribution >= 4 is 16.9 Å². The molecular formula is C30H34N4O. The summed E-state index contributed by atoms with van der Waals surface area (Å²) in [7, 11) is 5.79. The van der Waals surface area contributed by atoms with Gasteiger partial charge in [-0.3, -0.25) is 4.79 Å². The van der Waals surface area contributed by atoms with Crippen LogP contribution in [0.15, 0.2) is 54.9 Å². The van der Waals surface area contributed by atoms with Crippen LogP contribution in [0, 0.1) is 13.8 Å². The molecule has 0 spiro atoms. The molecule has 1 N–H and O–H groups in total. The van der Waals surface area contributed by atoms with Gasteiger partial charge in [0.1, 0.15) is 5.65 Å². The van der Waals surface area contributed by atoms with Gasteiger partial charge < -0.3 is 14.8 Å². The van der Waals surface area contributed by atoms with Crippen molar-refractivity contribution < 1.29 is 4.79 Å². The number of aromatic amines is 1. The maximum Gasteiger partial charge on any atom is 0.253 e. The molecule has 1 amide bonds. The highest BCUT2D eigenvalue weighted by atomic mass is 16.2. The summed E-state index contributed by atoms with van der Waals surface area (Å²) in [5, 5.41) is 1.09. The first-order valence-corrected chi connectivity index (χ1v) is 12.4. The number of nitrogens with one attached hydrogen (secondary N) is 1. The number of nitrogens with zero attached hydrogens (tertiary/aromatic N) is 3. The molecule has 0 unspecified atom stereocenters. The fraction of sp³-hybridized carbons (Fsp3) is 0.333. The minimum atomic E-state index is 0.0237. The predicted octanol–water partition coefficient (Wildman–Crippen LogP) is 6.02. The largest absolute Gasteiger partial charge is 0.346 e. The first kappa shape index (κ1) is 23.3. The van der Waals surface area contributed by atoms with Crippen molar-refractivity contribution in [3.05, 3.63) is 77.1 Å². The maximum absolute atomic E-state index is 12.5. The molecule has 0 saturated carbocycles. The fourth-order valence-electron chi connectivity index (χ4n) is 5.45. The first-order chi connectivity index (χ1) is 16.8. The van der Waals surface area contributed by atoms with Crippen LogP contribution in [0.4, 0.5) is 0 Å². The van der Waals surface area contributed by atoms with Gasteiger partial charge >= 0.3 is 0 Å². The second kappa shape index (κ2) is 9.31. The van der Waals surface area contributed by atoms with Gasteiger partial charge in [0.25, 0.3) is 5.91 Å². The van der Waals surface area contributed by atoms with Crippen LogP contribution in [0.5, 0.6) is 0 Å². The average Bonchev–Trinajstić information content (AvgIpc) is 3.26. The van der Waals surface area contributed by atoms with Gasteiger partial charge in [-0.25, -0.2) is 4.98 Å². The van der Waals surface area contributed by atoms with E-state index in [2.05, 4.69) is 54.2 Å². The number of fused-ring (bicyclic) bond motifs is 1. The number of hydrogen-bond donors (Lipinski definition) is 1. The van der Waals surface area contributed by atoms with Crippen molar-refractivity contribution in [1.29, 1.82) is 0 Å². The van der Waals surface area contributed by atoms with Gasteiger partial charge in [0.15, 0.2) is 0 Å². The number of likely N-dealkylation sites (tertiary alicyclic amines) is 1. The molecule has 4 aromatic rings. The predicted molar refractivity (Wildman–Crippen MR) is 144 cm³/mol. The average molecular weight is 467 g/mol. The standard InChI is InChI=1S/C30H34N4O/c1-19-13-21(8-10-25(19)23-7-6-12-34(5)18-23)24-15-27-28(17-32-29(27)31-16-24)22-9-11-26(20(2)14-22)30(35)33(3)4/h8-11,13-17,23H,6-7,12,18H2,1-5H3,(H,31,32)/t23-/m1/s1. The molecule has 180 valence electrons. The molecule has 0 aliphatic carbocycles. The minimum absolute atomic E-state index is 0.0237. The molecular weight excluding hydrogens is 432 g/mol. The smallest absolute Gasteiger partial charge is 0.253 e. The molecule has 0 bridgehead atoms. The van der Waals surface area contributed by atoms with Crippen LogP contribution in [0.2, 0.25) is 0 Å². The van der Waals surface area contributed by atoms with Crippen LogP contribution in [-0.2, 0) is 0 Å². The van der Waals surface area contributed by atoms with E-state index in [0.717, 1.165) is 45.4 Å². The van der Waals surface area contributed by atoms with Gasteiger partial charge in [-0.1, -0.05) is 30.3 Å². The Balaban J connectivity index is 1.49. The van der Waals surface area contributed by atoms with Gasteiger partial charge in [-0.2, -0.15) is 0 Å². The van der Waals surface area contributed by atoms with E-state index in [-0.39, 0.29) is 5.91 Å². The monoisotopic (exact) mass is 466 g/mol. The van der Waals surface area contributed by atoms with Gasteiger partial charge in [-0.15, -0.1) is 0 Å². The number of H-pyrrole nitrogens is 1. The quantitative estimate of drug-likeness (QED) is 0.400. The lowest BCUT2D eigenvalue weighted by Crippen LogP contribution is -2.31. The molecule has 3 heterocycles. The van der Waals surface area contributed by atoms with E-state index >= 15 is 0 Å². The molecule has 5 heteroatoms. The Morgan fingerprint density at radius 1 is 1.03 bits per heavy atom. The van der Waals surface area contributed by atoms with E-state index < -0.39 is 0 Å². The van der Waals surface area contributed by atoms with Gasteiger partial charge in [0.2, 0.25) is 0 Å². The molecule has 1 aliphatic heterocycles. The second-order valence-electron chi connectivity index (χ2n) is 10.2. The lowest BCUT2D eigenvalue weighted by Gasteiger charge is -2.31. The zero-order valence-electron chi connectivity index (χ0n) is 21.4. The summed E-state index contributed by atoms with van der Waals surface area (Å²) < 4.78 is 0. The molecule has 2 aromatic carbocycles. The number of amides is 1. The Kier molecular flexibility index (Phi) is 6.20. The van der Waals surface area contributed by atoms with Crippen molar-refractivity contribution in [2.45, 2.75) is 32.6 Å². The van der Waals surface area contributed by atoms with Crippen LogP contribution in [0.1, 0.15) is 45.8 Å². The van der Waals surface area contributed by atoms with Crippen molar-refractivity contribution in [2.75, 3.05) is 34.2 Å². The van der Waals surface area contributed by atoms with Crippen molar-refractivity contribution in [3.63, 3.8) is 0 Å². The lowest BCUT2D eigenvalue weighted by molar-refractivity contribution is 0.0827. The fourth-order valence-corrected chi connectivity index (χ4v) is 5.45. The van der Waals surface area contributed by atoms with Crippen LogP contribution < -0.4 is 0 Å². The number of carbonyl (C=O) groups excluding carboxylic acids is 1. The third-order valence-corrected chi connectivity index (χ3v) is 7.37. The SMILES string of the molecule is Cc1cc(-c2c[nH]c3ncc(-c4ccc([C@@H]5CCCN(C)C5)c(C)c4)cc23)ccc1C(=O)N(C)C. The topological polar surface area (TPSA) is 52.2 Å². The van der Waals surface area contributed by atoms with E-state index in [4.69, 9.17) is 4.98 Å². The number of hydrogen-bond acceptors (Lipinski definition) is 3. The van der Waals surface area contributed by atoms with Crippen LogP contribution in [-0.4, -0.2) is 59.9 Å². The molecule has 1 fully saturated rings. The lowest BCUT2D eigenvalue weighted by atomic mass is 9.87. The summed E-state index contributed by atoms with van der Waals surface area (Å²) in [6.45, 7) is 6.57. The van der Waals surface area contributed by atoms with Crippen LogP contribution in [0.25, 0.3) is 33.3 Å². The zero-order valence-corrected chi connectivity index (χ0v) is 21.4. The van der Waals surface area contributed by atoms with Gasteiger partial charge in [-0.05, 0) is 86.1 Å². The number of benzene rings is 2. The molecule has 1 saturated heterocycles. The number of aromatic nitrogens is 2. The molecule has 0 radical (unpaired) electrons. The van der Waals surface area contributed by atoms with Crippen LogP contribution >= 0.6 is 0 Å². The summed E-state index contributed by atoms with van der Waals surface area (Å²) in [6.07, 6.45) is 6.50. The third kappa shape index (κ3) is 4.48. The van der Waals surface area contributed by atoms with Crippen molar-refractivity contribution in [1.82, 2.24) is 19.8 Å². The molecule has 1 atom stereocenters. The van der Waals surface area contributed by atoms with Gasteiger partial charge in [0, 0.05) is 55.1 Å². The van der Waals surface area contributed by atoms with E-state index in [9.17, 15) is 4.79 Å². The summed E-state index contributed by atoms with van der Waals surface area (Å²) in [5.74, 6) is 0.640. The molecule has 2 aromatic heterocycles. The first-order valence-electron chi connectivity index (χ1n) is 12.4. The molecule has 5 nitrogen and oxygen atoms in total. The van der Waals surface area contributed by atoms with E-state index in [1.807, 2.05) is 31.5 Å². The zero-order chi connectivity index (χ0) is 24.7. The Bertz CT molecular complexity index is 1400. The number of piperidine rings is 1. The Morgan fingerprint density at radius 2 is 1.80 bits per heavy atom. The van der Waals surface area contributed by atoms with E-state index in [0.29, 0.717) is 5.92 Å². The highest BCUT2D eigenvalue weighted by Crippen LogP contribution is 2.34. The Labute approximate surface area is 207 Å².